The molecule has 0 aliphatic heterocycles. The normalized spacial score (nSPS) is 11.0. The smallest absolute Gasteiger partial charge is 0.412 e. The molecule has 0 radical (unpaired) electrons. The van der Waals surface area contributed by atoms with Crippen LogP contribution in [0.4, 0.5) is 27.8 Å². The Hall–Kier alpha value is -3.28. The van der Waals surface area contributed by atoms with E-state index in [0.29, 0.717) is 32.1 Å². The van der Waals surface area contributed by atoms with Crippen molar-refractivity contribution >= 4 is 29.1 Å². The Kier molecular flexibility index (Phi) is 10.00. The number of azo groups is 1. The Morgan fingerprint density at radius 3 is 2.43 bits per heavy atom. The second-order valence-electron chi connectivity index (χ2n) is 5.77. The van der Waals surface area contributed by atoms with Crippen LogP contribution in [0, 0.1) is 0 Å². The fourth-order valence-corrected chi connectivity index (χ4v) is 2.08. The predicted molar refractivity (Wildman–Crippen MR) is 109 cm³/mol. The van der Waals surface area contributed by atoms with Crippen molar-refractivity contribution in [3.63, 3.8) is 0 Å². The summed E-state index contributed by atoms with van der Waals surface area (Å²) >= 11 is 0. The highest BCUT2D eigenvalue weighted by molar-refractivity contribution is 5.86. The van der Waals surface area contributed by atoms with Crippen molar-refractivity contribution in [1.29, 1.82) is 0 Å². The number of amides is 1. The van der Waals surface area contributed by atoms with Crippen molar-refractivity contribution in [3.05, 3.63) is 36.4 Å². The van der Waals surface area contributed by atoms with E-state index in [4.69, 9.17) is 24.7 Å². The number of carbonyl (C=O) groups is 1. The largest absolute Gasteiger partial charge is 0.504 e. The van der Waals surface area contributed by atoms with Gasteiger partial charge in [-0.2, -0.15) is 5.11 Å². The first-order chi connectivity index (χ1) is 14.6. The molecular weight excluding hydrogens is 394 g/mol. The highest BCUT2D eigenvalue weighted by atomic mass is 16.6. The van der Waals surface area contributed by atoms with Gasteiger partial charge in [-0.25, -0.2) is 9.78 Å². The van der Waals surface area contributed by atoms with Crippen LogP contribution in [0.3, 0.4) is 0 Å². The van der Waals surface area contributed by atoms with Crippen molar-refractivity contribution in [2.24, 2.45) is 10.2 Å². The fraction of sp³-hybridized carbons (Fsp3) is 0.368. The fourth-order valence-electron chi connectivity index (χ4n) is 2.08. The van der Waals surface area contributed by atoms with Gasteiger partial charge in [-0.1, -0.05) is 18.2 Å². The maximum absolute atomic E-state index is 11.8. The molecule has 0 unspecified atom stereocenters. The molecule has 11 nitrogen and oxygen atoms in total. The molecule has 0 aliphatic carbocycles. The molecule has 1 amide bonds. The van der Waals surface area contributed by atoms with Crippen LogP contribution in [0.5, 0.6) is 5.75 Å². The molecule has 1 heterocycles. The van der Waals surface area contributed by atoms with Gasteiger partial charge < -0.3 is 29.8 Å². The van der Waals surface area contributed by atoms with Crippen LogP contribution in [-0.4, -0.2) is 62.9 Å². The highest BCUT2D eigenvalue weighted by Crippen LogP contribution is 2.32. The summed E-state index contributed by atoms with van der Waals surface area (Å²) in [6.07, 6.45) is -0.809. The molecule has 162 valence electrons. The Bertz CT molecular complexity index is 819. The summed E-state index contributed by atoms with van der Waals surface area (Å²) in [6, 6.07) is 10.2. The molecule has 2 aromatic rings. The number of aromatic hydroxyl groups is 1. The van der Waals surface area contributed by atoms with Gasteiger partial charge in [0.1, 0.15) is 12.3 Å². The third kappa shape index (κ3) is 8.39. The second-order valence-corrected chi connectivity index (χ2v) is 5.77. The van der Waals surface area contributed by atoms with Gasteiger partial charge >= 0.3 is 6.09 Å². The molecule has 1 aromatic heterocycles. The number of nitrogens with one attached hydrogen (secondary N) is 1. The van der Waals surface area contributed by atoms with E-state index in [0.717, 1.165) is 0 Å². The van der Waals surface area contributed by atoms with E-state index in [1.165, 1.54) is 6.07 Å². The van der Waals surface area contributed by atoms with E-state index < -0.39 is 6.09 Å². The number of aromatic nitrogens is 1. The second kappa shape index (κ2) is 13.0. The Morgan fingerprint density at radius 1 is 1.07 bits per heavy atom. The lowest BCUT2D eigenvalue weighted by atomic mass is 10.3. The van der Waals surface area contributed by atoms with E-state index in [1.807, 2.05) is 18.2 Å². The number of anilines is 2. The van der Waals surface area contributed by atoms with Crippen LogP contribution >= 0.6 is 0 Å². The van der Waals surface area contributed by atoms with Gasteiger partial charge in [0, 0.05) is 13.2 Å². The number of ether oxygens (including phenoxy) is 4. The summed E-state index contributed by atoms with van der Waals surface area (Å²) in [5, 5.41) is 20.3. The first kappa shape index (κ1) is 23.0. The number of nitrogen functional groups attached to an aromatic ring is 1. The van der Waals surface area contributed by atoms with Gasteiger partial charge in [0.2, 0.25) is 0 Å². The van der Waals surface area contributed by atoms with Gasteiger partial charge in [0.15, 0.2) is 17.4 Å². The molecule has 11 heteroatoms. The maximum atomic E-state index is 11.8. The Labute approximate surface area is 173 Å². The summed E-state index contributed by atoms with van der Waals surface area (Å²) < 4.78 is 20.3. The molecule has 0 bridgehead atoms. The molecule has 2 rings (SSSR count). The van der Waals surface area contributed by atoms with E-state index in [2.05, 4.69) is 20.5 Å². The average Bonchev–Trinajstić information content (AvgIpc) is 2.74. The summed E-state index contributed by atoms with van der Waals surface area (Å²) in [6.45, 7) is 2.01. The van der Waals surface area contributed by atoms with Crippen LogP contribution in [0.25, 0.3) is 0 Å². The quantitative estimate of drug-likeness (QED) is 0.351. The third-order valence-corrected chi connectivity index (χ3v) is 3.53. The van der Waals surface area contributed by atoms with E-state index in [1.54, 1.807) is 19.2 Å². The molecule has 4 N–H and O–H groups in total. The lowest BCUT2D eigenvalue weighted by Crippen LogP contribution is -2.18. The molecule has 1 aromatic carbocycles. The molecule has 0 fully saturated rings. The zero-order valence-electron chi connectivity index (χ0n) is 16.6. The molecule has 0 saturated heterocycles. The number of carbonyl (C=O) groups excluding carboxylic acids is 1. The average molecular weight is 419 g/mol. The van der Waals surface area contributed by atoms with Gasteiger partial charge in [-0.05, 0) is 12.1 Å². The van der Waals surface area contributed by atoms with E-state index in [9.17, 15) is 9.90 Å². The van der Waals surface area contributed by atoms with Crippen molar-refractivity contribution < 1.29 is 28.8 Å². The molecule has 0 aliphatic rings. The first-order valence-electron chi connectivity index (χ1n) is 9.14. The lowest BCUT2D eigenvalue weighted by molar-refractivity contribution is 0.0141. The summed E-state index contributed by atoms with van der Waals surface area (Å²) in [4.78, 5) is 15.7. The van der Waals surface area contributed by atoms with Gasteiger partial charge in [0.05, 0.1) is 38.7 Å². The number of methoxy groups -OCH3 is 1. The van der Waals surface area contributed by atoms with E-state index >= 15 is 0 Å². The van der Waals surface area contributed by atoms with Crippen LogP contribution in [0.1, 0.15) is 0 Å². The number of pyridine rings is 1. The number of hydrogen-bond acceptors (Lipinski definition) is 10. The Morgan fingerprint density at radius 2 is 1.73 bits per heavy atom. The van der Waals surface area contributed by atoms with Crippen LogP contribution in [0.2, 0.25) is 0 Å². The van der Waals surface area contributed by atoms with Crippen molar-refractivity contribution in [2.75, 3.05) is 57.8 Å². The van der Waals surface area contributed by atoms with Crippen LogP contribution in [-0.2, 0) is 18.9 Å². The van der Waals surface area contributed by atoms with E-state index in [-0.39, 0.29) is 36.3 Å². The zero-order chi connectivity index (χ0) is 21.6. The number of nitrogens with two attached hydrogens (primary N) is 1. The van der Waals surface area contributed by atoms with Crippen molar-refractivity contribution in [3.8, 4) is 5.75 Å². The summed E-state index contributed by atoms with van der Waals surface area (Å²) in [7, 11) is 1.59. The van der Waals surface area contributed by atoms with Crippen LogP contribution < -0.4 is 11.1 Å². The molecule has 30 heavy (non-hydrogen) atoms. The van der Waals surface area contributed by atoms with Gasteiger partial charge in [-0.15, -0.1) is 5.11 Å². The third-order valence-electron chi connectivity index (χ3n) is 3.53. The molecule has 0 atom stereocenters. The standard InChI is InChI=1S/C19H25N5O6/c1-27-7-8-28-9-10-29-11-12-30-19(26)22-18-16(25)13-15(17(20)21-18)24-23-14-5-3-2-4-6-14/h2-6,13,25H,7-12H2,1H3,(H3,20,21,22,26). The zero-order valence-corrected chi connectivity index (χ0v) is 16.6. The minimum absolute atomic E-state index is 0.0143. The minimum atomic E-state index is -0.809. The monoisotopic (exact) mass is 419 g/mol. The highest BCUT2D eigenvalue weighted by Gasteiger charge is 2.13. The molecule has 0 spiro atoms. The number of hydrogen-bond donors (Lipinski definition) is 3. The summed E-state index contributed by atoms with van der Waals surface area (Å²) in [5.41, 5.74) is 6.60. The van der Waals surface area contributed by atoms with Crippen LogP contribution in [0.15, 0.2) is 46.6 Å². The topological polar surface area (TPSA) is 150 Å². The number of benzene rings is 1. The van der Waals surface area contributed by atoms with Gasteiger partial charge in [0.25, 0.3) is 0 Å². The SMILES string of the molecule is COCCOCCOCCOC(=O)Nc1nc(N)c(N=Nc2ccccc2)cc1O. The number of rotatable bonds is 12. The minimum Gasteiger partial charge on any atom is -0.504 e. The summed E-state index contributed by atoms with van der Waals surface area (Å²) in [5.74, 6) is -0.490. The maximum Gasteiger partial charge on any atom is 0.412 e. The number of nitrogens with zero attached hydrogens (tertiary/aromatic N) is 3. The molecular formula is C19H25N5O6. The first-order valence-corrected chi connectivity index (χ1v) is 9.14. The molecule has 0 saturated carbocycles. The lowest BCUT2D eigenvalue weighted by Gasteiger charge is -2.09. The predicted octanol–water partition coefficient (Wildman–Crippen LogP) is 3.01. The van der Waals surface area contributed by atoms with Gasteiger partial charge in [-0.3, -0.25) is 5.32 Å². The van der Waals surface area contributed by atoms with Crippen molar-refractivity contribution in [1.82, 2.24) is 4.98 Å². The van der Waals surface area contributed by atoms with Crippen molar-refractivity contribution in [2.45, 2.75) is 0 Å². The Balaban J connectivity index is 1.75.